The predicted molar refractivity (Wildman–Crippen MR) is 68.0 cm³/mol. The number of nitrogens with two attached hydrogens (primary N) is 1. The normalized spacial score (nSPS) is 11.4. The van der Waals surface area contributed by atoms with Crippen molar-refractivity contribution in [1.29, 1.82) is 0 Å². The molecule has 21 heavy (non-hydrogen) atoms. The van der Waals surface area contributed by atoms with E-state index in [9.17, 15) is 22.8 Å². The second kappa shape index (κ2) is 5.35. The third-order valence-corrected chi connectivity index (χ3v) is 2.55. The highest BCUT2D eigenvalue weighted by Crippen LogP contribution is 2.22. The van der Waals surface area contributed by atoms with Crippen molar-refractivity contribution >= 4 is 5.69 Å². The number of nitrogen functional groups attached to an aromatic ring is 1. The number of aromatic amines is 1. The molecule has 3 N–H and O–H groups in total. The summed E-state index contributed by atoms with van der Waals surface area (Å²) in [6.45, 7) is 0.0477. The molecule has 112 valence electrons. The van der Waals surface area contributed by atoms with Gasteiger partial charge in [-0.25, -0.2) is 4.79 Å². The van der Waals surface area contributed by atoms with E-state index in [0.29, 0.717) is 5.56 Å². The van der Waals surface area contributed by atoms with E-state index < -0.39 is 17.6 Å². The van der Waals surface area contributed by atoms with Gasteiger partial charge in [0.15, 0.2) is 0 Å². The van der Waals surface area contributed by atoms with Crippen LogP contribution in [0.5, 0.6) is 5.75 Å². The molecule has 9 heteroatoms. The molecule has 0 fully saturated rings. The van der Waals surface area contributed by atoms with E-state index in [1.807, 2.05) is 4.98 Å². The molecule has 0 aliphatic rings. The van der Waals surface area contributed by atoms with Crippen LogP contribution in [0.1, 0.15) is 5.56 Å². The second-order valence-corrected chi connectivity index (χ2v) is 4.16. The number of nitrogens with zero attached hydrogens (tertiary/aromatic N) is 1. The SMILES string of the molecule is Nc1cn(Cc2ccc(OC(F)(F)F)cc2)c(=O)[nH]c1=O. The summed E-state index contributed by atoms with van der Waals surface area (Å²) in [7, 11) is 0. The molecule has 1 heterocycles. The number of anilines is 1. The van der Waals surface area contributed by atoms with Gasteiger partial charge in [0, 0.05) is 6.20 Å². The number of hydrogen-bond acceptors (Lipinski definition) is 4. The summed E-state index contributed by atoms with van der Waals surface area (Å²) in [6.07, 6.45) is -3.59. The van der Waals surface area contributed by atoms with Gasteiger partial charge >= 0.3 is 12.1 Å². The van der Waals surface area contributed by atoms with Crippen LogP contribution in [0.3, 0.4) is 0 Å². The average Bonchev–Trinajstić information content (AvgIpc) is 2.36. The highest BCUT2D eigenvalue weighted by molar-refractivity contribution is 5.31. The van der Waals surface area contributed by atoms with Gasteiger partial charge < -0.3 is 10.5 Å². The average molecular weight is 301 g/mol. The molecule has 0 unspecified atom stereocenters. The Bertz CT molecular complexity index is 747. The van der Waals surface area contributed by atoms with E-state index in [1.54, 1.807) is 0 Å². The van der Waals surface area contributed by atoms with Crippen LogP contribution in [-0.2, 0) is 6.54 Å². The fourth-order valence-electron chi connectivity index (χ4n) is 1.64. The Kier molecular flexibility index (Phi) is 3.74. The number of aromatic nitrogens is 2. The fourth-order valence-corrected chi connectivity index (χ4v) is 1.64. The van der Waals surface area contributed by atoms with Crippen LogP contribution in [0.2, 0.25) is 0 Å². The minimum atomic E-state index is -4.76. The van der Waals surface area contributed by atoms with Gasteiger partial charge in [-0.1, -0.05) is 12.1 Å². The van der Waals surface area contributed by atoms with Crippen molar-refractivity contribution in [3.63, 3.8) is 0 Å². The standard InChI is InChI=1S/C12H10F3N3O3/c13-12(14,15)21-8-3-1-7(2-4-8)5-18-6-9(16)10(19)17-11(18)20/h1-4,6H,5,16H2,(H,17,19,20). The number of alkyl halides is 3. The first-order valence-corrected chi connectivity index (χ1v) is 5.68. The van der Waals surface area contributed by atoms with Gasteiger partial charge in [0.25, 0.3) is 5.56 Å². The monoisotopic (exact) mass is 301 g/mol. The van der Waals surface area contributed by atoms with Crippen LogP contribution >= 0.6 is 0 Å². The van der Waals surface area contributed by atoms with Crippen LogP contribution in [0.4, 0.5) is 18.9 Å². The zero-order valence-electron chi connectivity index (χ0n) is 10.5. The van der Waals surface area contributed by atoms with E-state index in [1.165, 1.54) is 18.3 Å². The lowest BCUT2D eigenvalue weighted by atomic mass is 10.2. The quantitative estimate of drug-likeness (QED) is 0.887. The fraction of sp³-hybridized carbons (Fsp3) is 0.167. The molecule has 0 saturated carbocycles. The lowest BCUT2D eigenvalue weighted by Gasteiger charge is -2.10. The van der Waals surface area contributed by atoms with Gasteiger partial charge in [-0.05, 0) is 17.7 Å². The van der Waals surface area contributed by atoms with Crippen molar-refractivity contribution in [2.24, 2.45) is 0 Å². The topological polar surface area (TPSA) is 90.1 Å². The molecule has 0 spiro atoms. The molecule has 0 aliphatic heterocycles. The number of hydrogen-bond donors (Lipinski definition) is 2. The molecule has 0 saturated heterocycles. The maximum atomic E-state index is 12.0. The lowest BCUT2D eigenvalue weighted by molar-refractivity contribution is -0.274. The lowest BCUT2D eigenvalue weighted by Crippen LogP contribution is -2.31. The largest absolute Gasteiger partial charge is 0.573 e. The summed E-state index contributed by atoms with van der Waals surface area (Å²) in [4.78, 5) is 24.7. The molecule has 1 aromatic heterocycles. The summed E-state index contributed by atoms with van der Waals surface area (Å²) >= 11 is 0. The van der Waals surface area contributed by atoms with Crippen LogP contribution in [-0.4, -0.2) is 15.9 Å². The van der Waals surface area contributed by atoms with E-state index in [2.05, 4.69) is 4.74 Å². The van der Waals surface area contributed by atoms with E-state index in [0.717, 1.165) is 16.7 Å². The van der Waals surface area contributed by atoms with Crippen molar-refractivity contribution in [1.82, 2.24) is 9.55 Å². The van der Waals surface area contributed by atoms with E-state index in [4.69, 9.17) is 5.73 Å². The molecule has 2 aromatic rings. The van der Waals surface area contributed by atoms with Crippen molar-refractivity contribution in [3.05, 3.63) is 56.9 Å². The molecule has 0 aliphatic carbocycles. The van der Waals surface area contributed by atoms with Crippen LogP contribution < -0.4 is 21.7 Å². The maximum absolute atomic E-state index is 12.0. The van der Waals surface area contributed by atoms with Crippen molar-refractivity contribution < 1.29 is 17.9 Å². The highest BCUT2D eigenvalue weighted by atomic mass is 19.4. The Balaban J connectivity index is 2.19. The predicted octanol–water partition coefficient (Wildman–Crippen LogP) is 1.07. The number of benzene rings is 1. The van der Waals surface area contributed by atoms with Crippen molar-refractivity contribution in [2.75, 3.05) is 5.73 Å². The molecular formula is C12H10F3N3O3. The van der Waals surface area contributed by atoms with E-state index in [-0.39, 0.29) is 18.0 Å². The molecule has 6 nitrogen and oxygen atoms in total. The Hall–Kier alpha value is -2.71. The van der Waals surface area contributed by atoms with Gasteiger partial charge in [-0.15, -0.1) is 13.2 Å². The summed E-state index contributed by atoms with van der Waals surface area (Å²) in [5.74, 6) is -0.362. The Morgan fingerprint density at radius 1 is 1.19 bits per heavy atom. The molecule has 1 aromatic carbocycles. The molecule has 2 rings (SSSR count). The van der Waals surface area contributed by atoms with Gasteiger partial charge in [-0.3, -0.25) is 14.3 Å². The molecule has 0 atom stereocenters. The minimum Gasteiger partial charge on any atom is -0.406 e. The number of ether oxygens (including phenoxy) is 1. The number of halogens is 3. The number of rotatable bonds is 3. The summed E-state index contributed by atoms with van der Waals surface area (Å²) in [5, 5.41) is 0. The van der Waals surface area contributed by atoms with Gasteiger partial charge in [0.2, 0.25) is 0 Å². The Labute approximate surface area is 115 Å². The van der Waals surface area contributed by atoms with Gasteiger partial charge in [-0.2, -0.15) is 0 Å². The molecule has 0 radical (unpaired) electrons. The number of H-pyrrole nitrogens is 1. The van der Waals surface area contributed by atoms with Gasteiger partial charge in [0.05, 0.1) is 6.54 Å². The molecule has 0 amide bonds. The zero-order valence-corrected chi connectivity index (χ0v) is 10.5. The zero-order chi connectivity index (χ0) is 15.6. The van der Waals surface area contributed by atoms with Crippen LogP contribution in [0.25, 0.3) is 0 Å². The molecular weight excluding hydrogens is 291 g/mol. The molecule has 0 bridgehead atoms. The van der Waals surface area contributed by atoms with Crippen LogP contribution in [0, 0.1) is 0 Å². The maximum Gasteiger partial charge on any atom is 0.573 e. The first-order chi connectivity index (χ1) is 9.74. The minimum absolute atomic E-state index is 0.0477. The van der Waals surface area contributed by atoms with E-state index >= 15 is 0 Å². The first kappa shape index (κ1) is 14.7. The van der Waals surface area contributed by atoms with Crippen molar-refractivity contribution in [3.8, 4) is 5.75 Å². The van der Waals surface area contributed by atoms with Gasteiger partial charge in [0.1, 0.15) is 11.4 Å². The second-order valence-electron chi connectivity index (χ2n) is 4.16. The summed E-state index contributed by atoms with van der Waals surface area (Å²) in [5.41, 5.74) is 4.44. The first-order valence-electron chi connectivity index (χ1n) is 5.68. The third kappa shape index (κ3) is 3.88. The Morgan fingerprint density at radius 3 is 2.38 bits per heavy atom. The number of nitrogens with one attached hydrogen (secondary N) is 1. The third-order valence-electron chi connectivity index (χ3n) is 2.55. The summed E-state index contributed by atoms with van der Waals surface area (Å²) in [6, 6.07) is 5.00. The van der Waals surface area contributed by atoms with Crippen molar-refractivity contribution in [2.45, 2.75) is 12.9 Å². The summed E-state index contributed by atoms with van der Waals surface area (Å²) < 4.78 is 40.9. The Morgan fingerprint density at radius 2 is 1.81 bits per heavy atom. The highest BCUT2D eigenvalue weighted by Gasteiger charge is 2.30. The smallest absolute Gasteiger partial charge is 0.406 e. The van der Waals surface area contributed by atoms with Crippen LogP contribution in [0.15, 0.2) is 40.1 Å².